The van der Waals surface area contributed by atoms with Gasteiger partial charge in [0.25, 0.3) is 0 Å². The fourth-order valence-corrected chi connectivity index (χ4v) is 4.03. The highest BCUT2D eigenvalue weighted by Crippen LogP contribution is 2.29. The van der Waals surface area contributed by atoms with Gasteiger partial charge in [-0.3, -0.25) is 0 Å². The van der Waals surface area contributed by atoms with Crippen molar-refractivity contribution in [3.05, 3.63) is 23.8 Å². The third kappa shape index (κ3) is 2.64. The highest BCUT2D eigenvalue weighted by molar-refractivity contribution is 7.89. The number of nitrogens with two attached hydrogens (primary N) is 1. The molecule has 1 aromatic rings. The van der Waals surface area contributed by atoms with Crippen molar-refractivity contribution in [2.75, 3.05) is 18.8 Å². The summed E-state index contributed by atoms with van der Waals surface area (Å²) in [6, 6.07) is 3.72. The molecule has 0 radical (unpaired) electrons. The molecule has 1 aliphatic rings. The molecule has 6 nitrogen and oxygen atoms in total. The van der Waals surface area contributed by atoms with Gasteiger partial charge in [-0.25, -0.2) is 13.2 Å². The number of hydrogen-bond acceptors (Lipinski definition) is 4. The fraction of sp³-hybridized carbons (Fsp3) is 0.462. The lowest BCUT2D eigenvalue weighted by Crippen LogP contribution is -2.29. The first-order valence-corrected chi connectivity index (χ1v) is 7.93. The average molecular weight is 298 g/mol. The standard InChI is InChI=1S/C13H18N2O4S/c1-2-9-5-6-15(8-9)20(18,19)12-4-3-10(13(16)17)7-11(12)14/h3-4,7,9H,2,5-6,8,14H2,1H3,(H,16,17). The fourth-order valence-electron chi connectivity index (χ4n) is 2.40. The van der Waals surface area contributed by atoms with Crippen LogP contribution in [0.3, 0.4) is 0 Å². The lowest BCUT2D eigenvalue weighted by Gasteiger charge is -2.17. The maximum absolute atomic E-state index is 12.5. The van der Waals surface area contributed by atoms with Crippen LogP contribution in [-0.4, -0.2) is 36.9 Å². The molecule has 110 valence electrons. The first-order chi connectivity index (χ1) is 9.36. The molecule has 0 aliphatic carbocycles. The first-order valence-electron chi connectivity index (χ1n) is 6.49. The number of benzene rings is 1. The maximum Gasteiger partial charge on any atom is 0.335 e. The van der Waals surface area contributed by atoms with Gasteiger partial charge in [-0.05, 0) is 30.5 Å². The molecule has 0 spiro atoms. The van der Waals surface area contributed by atoms with Crippen molar-refractivity contribution in [1.82, 2.24) is 4.31 Å². The number of carbonyl (C=O) groups is 1. The highest BCUT2D eigenvalue weighted by atomic mass is 32.2. The van der Waals surface area contributed by atoms with Gasteiger partial charge in [0.05, 0.1) is 11.3 Å². The Kier molecular flexibility index (Phi) is 4.01. The summed E-state index contributed by atoms with van der Waals surface area (Å²) in [6.45, 7) is 3.02. The van der Waals surface area contributed by atoms with Gasteiger partial charge in [0.2, 0.25) is 10.0 Å². The van der Waals surface area contributed by atoms with Gasteiger partial charge >= 0.3 is 5.97 Å². The minimum atomic E-state index is -3.64. The summed E-state index contributed by atoms with van der Waals surface area (Å²) in [5, 5.41) is 8.87. The minimum Gasteiger partial charge on any atom is -0.478 e. The van der Waals surface area contributed by atoms with Crippen molar-refractivity contribution in [1.29, 1.82) is 0 Å². The molecular formula is C13H18N2O4S. The monoisotopic (exact) mass is 298 g/mol. The number of rotatable bonds is 4. The van der Waals surface area contributed by atoms with E-state index in [0.717, 1.165) is 12.8 Å². The molecule has 1 aromatic carbocycles. The van der Waals surface area contributed by atoms with Gasteiger partial charge in [-0.2, -0.15) is 4.31 Å². The minimum absolute atomic E-state index is 0.0146. The smallest absolute Gasteiger partial charge is 0.335 e. The Labute approximate surface area is 118 Å². The zero-order valence-electron chi connectivity index (χ0n) is 11.2. The quantitative estimate of drug-likeness (QED) is 0.818. The summed E-state index contributed by atoms with van der Waals surface area (Å²) >= 11 is 0. The molecule has 0 saturated carbocycles. The Hall–Kier alpha value is -1.60. The highest BCUT2D eigenvalue weighted by Gasteiger charge is 2.33. The Morgan fingerprint density at radius 2 is 2.20 bits per heavy atom. The molecule has 1 aliphatic heterocycles. The predicted octanol–water partition coefficient (Wildman–Crippen LogP) is 1.39. The summed E-state index contributed by atoms with van der Waals surface area (Å²) in [4.78, 5) is 10.8. The molecule has 7 heteroatoms. The predicted molar refractivity (Wildman–Crippen MR) is 75.0 cm³/mol. The second-order valence-corrected chi connectivity index (χ2v) is 6.89. The molecular weight excluding hydrogens is 280 g/mol. The number of aromatic carboxylic acids is 1. The number of hydrogen-bond donors (Lipinski definition) is 2. The van der Waals surface area contributed by atoms with Crippen LogP contribution in [0.2, 0.25) is 0 Å². The Morgan fingerprint density at radius 3 is 2.70 bits per heavy atom. The second kappa shape index (κ2) is 5.41. The van der Waals surface area contributed by atoms with Gasteiger partial charge in [0.1, 0.15) is 4.90 Å². The van der Waals surface area contributed by atoms with Gasteiger partial charge in [-0.1, -0.05) is 13.3 Å². The van der Waals surface area contributed by atoms with E-state index in [1.165, 1.54) is 22.5 Å². The van der Waals surface area contributed by atoms with Gasteiger partial charge in [0.15, 0.2) is 0 Å². The lowest BCUT2D eigenvalue weighted by molar-refractivity contribution is 0.0697. The van der Waals surface area contributed by atoms with Gasteiger partial charge in [-0.15, -0.1) is 0 Å². The van der Waals surface area contributed by atoms with E-state index in [-0.39, 0.29) is 16.1 Å². The van der Waals surface area contributed by atoms with Gasteiger partial charge in [0, 0.05) is 13.1 Å². The molecule has 3 N–H and O–H groups in total. The average Bonchev–Trinajstić information content (AvgIpc) is 2.87. The van der Waals surface area contributed by atoms with Gasteiger partial charge < -0.3 is 10.8 Å². The molecule has 0 bridgehead atoms. The van der Waals surface area contributed by atoms with Crippen molar-refractivity contribution in [3.63, 3.8) is 0 Å². The van der Waals surface area contributed by atoms with E-state index in [1.54, 1.807) is 0 Å². The molecule has 1 unspecified atom stereocenters. The SMILES string of the molecule is CCC1CCN(S(=O)(=O)c2ccc(C(=O)O)cc2N)C1. The van der Waals surface area contributed by atoms with E-state index in [0.29, 0.717) is 19.0 Å². The third-order valence-electron chi connectivity index (χ3n) is 3.70. The van der Waals surface area contributed by atoms with E-state index >= 15 is 0 Å². The van der Waals surface area contributed by atoms with Crippen LogP contribution in [0.1, 0.15) is 30.1 Å². The van der Waals surface area contributed by atoms with Crippen molar-refractivity contribution in [2.45, 2.75) is 24.7 Å². The van der Waals surface area contributed by atoms with Crippen LogP contribution in [0.15, 0.2) is 23.1 Å². The summed E-state index contributed by atoms with van der Waals surface area (Å²) in [5.74, 6) is -0.753. The molecule has 0 aromatic heterocycles. The summed E-state index contributed by atoms with van der Waals surface area (Å²) < 4.78 is 26.4. The zero-order valence-corrected chi connectivity index (χ0v) is 12.1. The first kappa shape index (κ1) is 14.8. The Bertz CT molecular complexity index is 627. The topological polar surface area (TPSA) is 101 Å². The largest absolute Gasteiger partial charge is 0.478 e. The van der Waals surface area contributed by atoms with E-state index in [9.17, 15) is 13.2 Å². The van der Waals surface area contributed by atoms with Crippen LogP contribution in [0.25, 0.3) is 0 Å². The lowest BCUT2D eigenvalue weighted by atomic mass is 10.1. The third-order valence-corrected chi connectivity index (χ3v) is 5.64. The molecule has 1 saturated heterocycles. The van der Waals surface area contributed by atoms with Crippen LogP contribution in [0.4, 0.5) is 5.69 Å². The van der Waals surface area contributed by atoms with Crippen LogP contribution in [0.5, 0.6) is 0 Å². The maximum atomic E-state index is 12.5. The summed E-state index contributed by atoms with van der Waals surface area (Å²) in [7, 11) is -3.64. The van der Waals surface area contributed by atoms with Crippen LogP contribution in [0, 0.1) is 5.92 Å². The van der Waals surface area contributed by atoms with E-state index in [1.807, 2.05) is 6.92 Å². The molecule has 1 heterocycles. The number of nitrogen functional groups attached to an aromatic ring is 1. The van der Waals surface area contributed by atoms with Crippen molar-refractivity contribution in [3.8, 4) is 0 Å². The van der Waals surface area contributed by atoms with E-state index in [2.05, 4.69) is 0 Å². The van der Waals surface area contributed by atoms with Crippen LogP contribution >= 0.6 is 0 Å². The second-order valence-electron chi connectivity index (χ2n) is 4.98. The molecule has 1 atom stereocenters. The molecule has 20 heavy (non-hydrogen) atoms. The number of carboxylic acids is 1. The molecule has 0 amide bonds. The van der Waals surface area contributed by atoms with Crippen LogP contribution in [-0.2, 0) is 10.0 Å². The Morgan fingerprint density at radius 1 is 1.50 bits per heavy atom. The molecule has 2 rings (SSSR count). The van der Waals surface area contributed by atoms with Crippen molar-refractivity contribution in [2.24, 2.45) is 5.92 Å². The zero-order chi connectivity index (χ0) is 14.9. The van der Waals surface area contributed by atoms with E-state index < -0.39 is 16.0 Å². The normalized spacial score (nSPS) is 20.1. The number of anilines is 1. The number of nitrogens with zero attached hydrogens (tertiary/aromatic N) is 1. The van der Waals surface area contributed by atoms with Crippen molar-refractivity contribution < 1.29 is 18.3 Å². The summed E-state index contributed by atoms with van der Waals surface area (Å²) in [6.07, 6.45) is 1.79. The van der Waals surface area contributed by atoms with Crippen molar-refractivity contribution >= 4 is 21.7 Å². The number of carboxylic acid groups (broad SMARTS) is 1. The summed E-state index contributed by atoms with van der Waals surface area (Å²) in [5.41, 5.74) is 5.67. The molecule has 1 fully saturated rings. The number of sulfonamides is 1. The Balaban J connectivity index is 2.33. The van der Waals surface area contributed by atoms with E-state index in [4.69, 9.17) is 10.8 Å². The van der Waals surface area contributed by atoms with Crippen LogP contribution < -0.4 is 5.73 Å².